The fourth-order valence-corrected chi connectivity index (χ4v) is 4.87. The van der Waals surface area contributed by atoms with Crippen molar-refractivity contribution in [3.8, 4) is 0 Å². The molecule has 1 atom stereocenters. The fraction of sp³-hybridized carbons (Fsp3) is 0.296. The largest absolute Gasteiger partial charge is 0.480 e. The average Bonchev–Trinajstić information content (AvgIpc) is 3.16. The van der Waals surface area contributed by atoms with E-state index in [9.17, 15) is 14.7 Å². The number of aryl methyl sites for hydroxylation is 2. The summed E-state index contributed by atoms with van der Waals surface area (Å²) in [5, 5.41) is 16.6. The van der Waals surface area contributed by atoms with Crippen LogP contribution in [0, 0.1) is 13.8 Å². The van der Waals surface area contributed by atoms with Crippen molar-refractivity contribution in [2.75, 3.05) is 13.1 Å². The zero-order valence-corrected chi connectivity index (χ0v) is 21.6. The predicted molar refractivity (Wildman–Crippen MR) is 139 cm³/mol. The normalized spacial score (nSPS) is 14.8. The van der Waals surface area contributed by atoms with Crippen molar-refractivity contribution in [2.24, 2.45) is 0 Å². The van der Waals surface area contributed by atoms with Gasteiger partial charge in [0.15, 0.2) is 0 Å². The molecule has 0 bridgehead atoms. The smallest absolute Gasteiger partial charge is 0.326 e. The van der Waals surface area contributed by atoms with Gasteiger partial charge in [0.25, 0.3) is 5.91 Å². The third-order valence-corrected chi connectivity index (χ3v) is 7.04. The number of amides is 1. The van der Waals surface area contributed by atoms with Crippen LogP contribution in [0.15, 0.2) is 53.1 Å². The zero-order valence-electron chi connectivity index (χ0n) is 20.1. The Morgan fingerprint density at radius 3 is 2.39 bits per heavy atom. The van der Waals surface area contributed by atoms with E-state index in [1.54, 1.807) is 6.07 Å². The molecule has 9 heteroatoms. The minimum Gasteiger partial charge on any atom is -0.480 e. The SMILES string of the molecule is Cc1noc(C)c1CN1CC=C(c2ccc(C[C@H](NC(=O)c3c(Cl)cccc3Cl)C(=O)O)cc2)CC1. The molecule has 0 fully saturated rings. The third kappa shape index (κ3) is 5.98. The molecule has 0 saturated carbocycles. The molecule has 3 aromatic rings. The van der Waals surface area contributed by atoms with Crippen molar-refractivity contribution in [1.82, 2.24) is 15.4 Å². The van der Waals surface area contributed by atoms with Gasteiger partial charge in [-0.05, 0) is 49.1 Å². The van der Waals surface area contributed by atoms with Crippen molar-refractivity contribution in [2.45, 2.75) is 39.3 Å². The van der Waals surface area contributed by atoms with Gasteiger partial charge in [-0.1, -0.05) is 64.8 Å². The number of carboxylic acids is 1. The van der Waals surface area contributed by atoms with Crippen LogP contribution in [0.1, 0.15) is 44.9 Å². The van der Waals surface area contributed by atoms with E-state index in [4.69, 9.17) is 27.7 Å². The van der Waals surface area contributed by atoms with Gasteiger partial charge in [-0.15, -0.1) is 0 Å². The Morgan fingerprint density at radius 2 is 1.83 bits per heavy atom. The zero-order chi connectivity index (χ0) is 25.8. The number of aliphatic carboxylic acids is 1. The Labute approximate surface area is 219 Å². The summed E-state index contributed by atoms with van der Waals surface area (Å²) in [6.07, 6.45) is 3.27. The van der Waals surface area contributed by atoms with Crippen LogP contribution >= 0.6 is 23.2 Å². The first-order valence-corrected chi connectivity index (χ1v) is 12.4. The molecule has 2 N–H and O–H groups in total. The van der Waals surface area contributed by atoms with E-state index in [2.05, 4.69) is 21.4 Å². The Kier molecular flexibility index (Phi) is 8.14. The molecular formula is C27H27Cl2N3O4. The lowest BCUT2D eigenvalue weighted by molar-refractivity contribution is -0.139. The van der Waals surface area contributed by atoms with Crippen molar-refractivity contribution >= 4 is 40.7 Å². The molecule has 0 spiro atoms. The molecule has 1 aromatic heterocycles. The lowest BCUT2D eigenvalue weighted by Crippen LogP contribution is -2.42. The number of carbonyl (C=O) groups is 2. The number of carboxylic acid groups (broad SMARTS) is 1. The van der Waals surface area contributed by atoms with Crippen LogP contribution in [0.4, 0.5) is 0 Å². The van der Waals surface area contributed by atoms with Gasteiger partial charge in [0.05, 0.1) is 21.3 Å². The molecule has 4 rings (SSSR count). The number of aromatic nitrogens is 1. The fourth-order valence-electron chi connectivity index (χ4n) is 4.30. The summed E-state index contributed by atoms with van der Waals surface area (Å²) in [5.74, 6) is -0.893. The molecule has 7 nitrogen and oxygen atoms in total. The van der Waals surface area contributed by atoms with Gasteiger partial charge in [-0.2, -0.15) is 0 Å². The number of nitrogens with one attached hydrogen (secondary N) is 1. The number of carbonyl (C=O) groups excluding carboxylic acids is 1. The maximum atomic E-state index is 12.7. The molecule has 1 amide bonds. The van der Waals surface area contributed by atoms with Crippen LogP contribution in [0.2, 0.25) is 10.0 Å². The number of benzene rings is 2. The molecular weight excluding hydrogens is 501 g/mol. The Balaban J connectivity index is 1.38. The molecule has 0 radical (unpaired) electrons. The Morgan fingerprint density at radius 1 is 1.14 bits per heavy atom. The van der Waals surface area contributed by atoms with Gasteiger partial charge in [0.2, 0.25) is 0 Å². The van der Waals surface area contributed by atoms with Crippen molar-refractivity contribution in [3.05, 3.63) is 92.3 Å². The highest BCUT2D eigenvalue weighted by Gasteiger charge is 2.24. The van der Waals surface area contributed by atoms with Gasteiger partial charge >= 0.3 is 5.97 Å². The summed E-state index contributed by atoms with van der Waals surface area (Å²) in [5.41, 5.74) is 5.31. The van der Waals surface area contributed by atoms with E-state index < -0.39 is 17.9 Å². The van der Waals surface area contributed by atoms with Crippen LogP contribution in [0.25, 0.3) is 5.57 Å². The molecule has 2 heterocycles. The number of nitrogens with zero attached hydrogens (tertiary/aromatic N) is 2. The lowest BCUT2D eigenvalue weighted by atomic mass is 9.96. The summed E-state index contributed by atoms with van der Waals surface area (Å²) >= 11 is 12.2. The second-order valence-corrected chi connectivity index (χ2v) is 9.69. The van der Waals surface area contributed by atoms with Crippen LogP contribution in [0.3, 0.4) is 0 Å². The number of hydrogen-bond acceptors (Lipinski definition) is 5. The number of halogens is 2. The van der Waals surface area contributed by atoms with Crippen molar-refractivity contribution < 1.29 is 19.2 Å². The first kappa shape index (κ1) is 25.9. The summed E-state index contributed by atoms with van der Waals surface area (Å²) in [7, 11) is 0. The van der Waals surface area contributed by atoms with E-state index in [0.29, 0.717) is 0 Å². The third-order valence-electron chi connectivity index (χ3n) is 6.41. The summed E-state index contributed by atoms with van der Waals surface area (Å²) in [6, 6.07) is 11.4. The van der Waals surface area contributed by atoms with Gasteiger partial charge in [-0.3, -0.25) is 9.69 Å². The summed E-state index contributed by atoms with van der Waals surface area (Å²) in [6.45, 7) is 6.47. The van der Waals surface area contributed by atoms with Crippen molar-refractivity contribution in [1.29, 1.82) is 0 Å². The van der Waals surface area contributed by atoms with E-state index in [1.165, 1.54) is 17.7 Å². The summed E-state index contributed by atoms with van der Waals surface area (Å²) < 4.78 is 5.27. The van der Waals surface area contributed by atoms with Crippen LogP contribution in [-0.4, -0.2) is 46.2 Å². The van der Waals surface area contributed by atoms with Crippen LogP contribution < -0.4 is 5.32 Å². The minimum atomic E-state index is -1.14. The molecule has 2 aromatic carbocycles. The Bertz CT molecular complexity index is 1260. The molecule has 1 aliphatic heterocycles. The predicted octanol–water partition coefficient (Wildman–Crippen LogP) is 5.31. The molecule has 1 aliphatic rings. The number of rotatable bonds is 8. The van der Waals surface area contributed by atoms with Crippen molar-refractivity contribution in [3.63, 3.8) is 0 Å². The van der Waals surface area contributed by atoms with Gasteiger partial charge in [0, 0.05) is 31.6 Å². The minimum absolute atomic E-state index is 0.0649. The second-order valence-electron chi connectivity index (χ2n) is 8.88. The average molecular weight is 528 g/mol. The van der Waals surface area contributed by atoms with E-state index in [-0.39, 0.29) is 22.0 Å². The maximum absolute atomic E-state index is 12.7. The number of hydrogen-bond donors (Lipinski definition) is 2. The van der Waals surface area contributed by atoms with Gasteiger partial charge in [-0.25, -0.2) is 4.79 Å². The van der Waals surface area contributed by atoms with E-state index in [1.807, 2.05) is 38.1 Å². The standard InChI is InChI=1S/C27H27Cl2N3O4/c1-16-21(17(2)36-31-16)15-32-12-10-20(11-13-32)19-8-6-18(7-9-19)14-24(27(34)35)30-26(33)25-22(28)4-3-5-23(25)29/h3-10,24H,11-15H2,1-2H3,(H,30,33)(H,34,35)/t24-/m0/s1. The van der Waals surface area contributed by atoms with Crippen LogP contribution in [-0.2, 0) is 17.8 Å². The highest BCUT2D eigenvalue weighted by molar-refractivity contribution is 6.39. The van der Waals surface area contributed by atoms with Gasteiger partial charge < -0.3 is 14.9 Å². The molecule has 188 valence electrons. The first-order valence-electron chi connectivity index (χ1n) is 11.6. The van der Waals surface area contributed by atoms with Crippen LogP contribution in [0.5, 0.6) is 0 Å². The highest BCUT2D eigenvalue weighted by Crippen LogP contribution is 2.26. The molecule has 0 unspecified atom stereocenters. The second kappa shape index (κ2) is 11.3. The van der Waals surface area contributed by atoms with Gasteiger partial charge in [0.1, 0.15) is 11.8 Å². The molecule has 0 aliphatic carbocycles. The molecule has 0 saturated heterocycles. The first-order chi connectivity index (χ1) is 17.2. The molecule has 36 heavy (non-hydrogen) atoms. The quantitative estimate of drug-likeness (QED) is 0.411. The maximum Gasteiger partial charge on any atom is 0.326 e. The monoisotopic (exact) mass is 527 g/mol. The topological polar surface area (TPSA) is 95.7 Å². The lowest BCUT2D eigenvalue weighted by Gasteiger charge is -2.26. The highest BCUT2D eigenvalue weighted by atomic mass is 35.5. The summed E-state index contributed by atoms with van der Waals surface area (Å²) in [4.78, 5) is 26.8. The Hall–Kier alpha value is -3.13. The van der Waals surface area contributed by atoms with E-state index >= 15 is 0 Å². The van der Waals surface area contributed by atoms with E-state index in [0.717, 1.165) is 54.2 Å².